The molecule has 0 bridgehead atoms. The smallest absolute Gasteiger partial charge is 0.246 e. The molecule has 0 atom stereocenters. The van der Waals surface area contributed by atoms with Crippen molar-refractivity contribution in [3.8, 4) is 0 Å². The molecule has 7 nitrogen and oxygen atoms in total. The van der Waals surface area contributed by atoms with Crippen LogP contribution in [-0.2, 0) is 4.79 Å². The maximum Gasteiger partial charge on any atom is 0.246 e. The Morgan fingerprint density at radius 3 is 1.78 bits per heavy atom. The van der Waals surface area contributed by atoms with E-state index in [4.69, 9.17) is 0 Å². The Bertz CT molecular complexity index is 538. The summed E-state index contributed by atoms with van der Waals surface area (Å²) in [5.41, 5.74) is 0.170. The quantitative estimate of drug-likeness (QED) is 0.140. The number of nitro groups is 2. The van der Waals surface area contributed by atoms with Crippen LogP contribution in [0.2, 0.25) is 0 Å². The number of carbonyl (C=O) groups excluding carboxylic acids is 1. The summed E-state index contributed by atoms with van der Waals surface area (Å²) in [4.78, 5) is 31.3. The molecule has 7 heteroatoms. The van der Waals surface area contributed by atoms with Crippen LogP contribution in [0.1, 0.15) is 84.0 Å². The molecule has 1 radical (unpaired) electrons. The first-order chi connectivity index (χ1) is 13.0. The van der Waals surface area contributed by atoms with E-state index < -0.39 is 4.92 Å². The summed E-state index contributed by atoms with van der Waals surface area (Å²) in [5, 5.41) is 22.1. The van der Waals surface area contributed by atoms with Crippen LogP contribution in [-0.4, -0.2) is 16.1 Å². The van der Waals surface area contributed by atoms with Crippen molar-refractivity contribution in [2.24, 2.45) is 0 Å². The molecule has 0 heterocycles. The van der Waals surface area contributed by atoms with E-state index in [0.29, 0.717) is 19.3 Å². The second-order valence-corrected chi connectivity index (χ2v) is 6.38. The molecule has 0 unspecified atom stereocenters. The van der Waals surface area contributed by atoms with Crippen molar-refractivity contribution in [1.82, 2.24) is 0 Å². The Hall–Kier alpha value is -2.31. The number of nitrogens with zero attached hydrogens (tertiary/aromatic N) is 2. The summed E-state index contributed by atoms with van der Waals surface area (Å²) in [5.74, 6) is 0. The van der Waals surface area contributed by atoms with Gasteiger partial charge in [-0.2, -0.15) is 0 Å². The van der Waals surface area contributed by atoms with Gasteiger partial charge in [0.25, 0.3) is 0 Å². The largest absolute Gasteiger partial charge is 0.291 e. The van der Waals surface area contributed by atoms with Crippen molar-refractivity contribution in [2.45, 2.75) is 84.0 Å². The van der Waals surface area contributed by atoms with E-state index in [1.807, 2.05) is 0 Å². The van der Waals surface area contributed by atoms with Gasteiger partial charge in [-0.25, -0.2) is 0 Å². The molecule has 0 aliphatic carbocycles. The van der Waals surface area contributed by atoms with Gasteiger partial charge in [0.1, 0.15) is 0 Å². The number of allylic oxidation sites excluding steroid dienone is 4. The van der Waals surface area contributed by atoms with Crippen LogP contribution in [0.25, 0.3) is 0 Å². The van der Waals surface area contributed by atoms with E-state index in [1.54, 1.807) is 24.5 Å². The van der Waals surface area contributed by atoms with Gasteiger partial charge in [-0.3, -0.25) is 25.0 Å². The molecule has 0 aromatic carbocycles. The van der Waals surface area contributed by atoms with E-state index in [2.05, 4.69) is 6.92 Å². The van der Waals surface area contributed by atoms with Gasteiger partial charge in [0.2, 0.25) is 11.4 Å². The minimum atomic E-state index is -0.461. The summed E-state index contributed by atoms with van der Waals surface area (Å²) in [6.07, 6.45) is 17.1. The van der Waals surface area contributed by atoms with Crippen molar-refractivity contribution in [1.29, 1.82) is 0 Å². The zero-order valence-electron chi connectivity index (χ0n) is 16.2. The highest BCUT2D eigenvalue weighted by Crippen LogP contribution is 2.12. The Balaban J connectivity index is 4.36. The van der Waals surface area contributed by atoms with Crippen LogP contribution >= 0.6 is 0 Å². The van der Waals surface area contributed by atoms with E-state index >= 15 is 0 Å². The topological polar surface area (TPSA) is 103 Å². The molecule has 0 aromatic rings. The summed E-state index contributed by atoms with van der Waals surface area (Å²) < 4.78 is 0. The van der Waals surface area contributed by atoms with E-state index in [9.17, 15) is 25.0 Å². The van der Waals surface area contributed by atoms with Gasteiger partial charge < -0.3 is 0 Å². The highest BCUT2D eigenvalue weighted by atomic mass is 16.6. The molecule has 0 aliphatic rings. The van der Waals surface area contributed by atoms with Crippen molar-refractivity contribution < 1.29 is 14.6 Å². The van der Waals surface area contributed by atoms with Gasteiger partial charge in [0, 0.05) is 6.42 Å². The molecule has 0 saturated heterocycles. The van der Waals surface area contributed by atoms with Gasteiger partial charge in [-0.05, 0) is 37.8 Å². The minimum Gasteiger partial charge on any atom is -0.291 e. The van der Waals surface area contributed by atoms with Gasteiger partial charge in [-0.1, -0.05) is 51.2 Å². The molecule has 0 rings (SSSR count). The summed E-state index contributed by atoms with van der Waals surface area (Å²) >= 11 is 0. The molecule has 0 spiro atoms. The fourth-order valence-electron chi connectivity index (χ4n) is 2.51. The first-order valence-electron chi connectivity index (χ1n) is 9.69. The minimum absolute atomic E-state index is 0.0378. The summed E-state index contributed by atoms with van der Waals surface area (Å²) in [7, 11) is 0. The van der Waals surface area contributed by atoms with E-state index in [-0.39, 0.29) is 35.6 Å². The Morgan fingerprint density at radius 2 is 1.30 bits per heavy atom. The maximum absolute atomic E-state index is 11.1. The lowest BCUT2D eigenvalue weighted by Gasteiger charge is -1.99. The number of hydrogen-bond donors (Lipinski definition) is 0. The summed E-state index contributed by atoms with van der Waals surface area (Å²) in [6.45, 7) is 2.16. The van der Waals surface area contributed by atoms with Crippen molar-refractivity contribution in [2.75, 3.05) is 0 Å². The second-order valence-electron chi connectivity index (χ2n) is 6.38. The van der Waals surface area contributed by atoms with Crippen LogP contribution in [0, 0.1) is 20.2 Å². The lowest BCUT2D eigenvalue weighted by atomic mass is 10.1. The third kappa shape index (κ3) is 14.5. The standard InChI is InChI=1S/C20H31N2O5/c1-2-3-4-5-6-7-9-14-19(21(24)25)16-11-12-17-20(22(26)27)15-10-8-13-18-23/h11-12,14-15H,2-10,13,16-17H2,1H3/b12-11+,19-14-,20-15-. The molecule has 0 fully saturated rings. The van der Waals surface area contributed by atoms with E-state index in [0.717, 1.165) is 19.3 Å². The molecule has 0 N–H and O–H groups in total. The molecule has 0 saturated carbocycles. The normalized spacial score (nSPS) is 12.5. The lowest BCUT2D eigenvalue weighted by molar-refractivity contribution is -0.427. The zero-order valence-corrected chi connectivity index (χ0v) is 16.2. The Kier molecular flexibility index (Phi) is 15.7. The monoisotopic (exact) mass is 379 g/mol. The van der Waals surface area contributed by atoms with Crippen molar-refractivity contribution in [3.05, 3.63) is 55.9 Å². The Labute approximate surface area is 161 Å². The lowest BCUT2D eigenvalue weighted by Crippen LogP contribution is -1.99. The fraction of sp³-hybridized carbons (Fsp3) is 0.650. The zero-order chi connectivity index (χ0) is 20.3. The number of unbranched alkanes of at least 4 members (excludes halogenated alkanes) is 8. The predicted octanol–water partition coefficient (Wildman–Crippen LogP) is 5.67. The molecule has 151 valence electrons. The fourth-order valence-corrected chi connectivity index (χ4v) is 2.51. The average molecular weight is 379 g/mol. The van der Waals surface area contributed by atoms with Gasteiger partial charge >= 0.3 is 0 Å². The van der Waals surface area contributed by atoms with Gasteiger partial charge in [0.15, 0.2) is 6.29 Å². The van der Waals surface area contributed by atoms with Crippen molar-refractivity contribution >= 4 is 6.29 Å². The molecule has 27 heavy (non-hydrogen) atoms. The van der Waals surface area contributed by atoms with Crippen LogP contribution in [0.5, 0.6) is 0 Å². The second kappa shape index (κ2) is 17.1. The highest BCUT2D eigenvalue weighted by Gasteiger charge is 2.09. The third-order valence-corrected chi connectivity index (χ3v) is 4.09. The number of rotatable bonds is 17. The SMILES string of the molecule is CCCCCCCC/C=C(/C/C=C/C/C(=C/CCC[C]=O)[N+](=O)[O-])[N+](=O)[O-]. The van der Waals surface area contributed by atoms with Gasteiger partial charge in [-0.15, -0.1) is 0 Å². The third-order valence-electron chi connectivity index (χ3n) is 4.09. The van der Waals surface area contributed by atoms with E-state index in [1.165, 1.54) is 25.3 Å². The Morgan fingerprint density at radius 1 is 0.815 bits per heavy atom. The average Bonchev–Trinajstić information content (AvgIpc) is 2.63. The number of hydrogen-bond acceptors (Lipinski definition) is 5. The van der Waals surface area contributed by atoms with Crippen molar-refractivity contribution in [3.63, 3.8) is 0 Å². The molecule has 0 aromatic heterocycles. The van der Waals surface area contributed by atoms with Crippen LogP contribution in [0.15, 0.2) is 35.7 Å². The molecular weight excluding hydrogens is 348 g/mol. The molecular formula is C20H31N2O5. The maximum atomic E-state index is 11.1. The molecule has 0 aliphatic heterocycles. The first kappa shape index (κ1) is 24.7. The summed E-state index contributed by atoms with van der Waals surface area (Å²) in [6, 6.07) is 0. The first-order valence-corrected chi connectivity index (χ1v) is 9.69. The van der Waals surface area contributed by atoms with Crippen LogP contribution in [0.3, 0.4) is 0 Å². The molecule has 0 amide bonds. The predicted molar refractivity (Wildman–Crippen MR) is 106 cm³/mol. The van der Waals surface area contributed by atoms with Crippen LogP contribution in [0.4, 0.5) is 0 Å². The van der Waals surface area contributed by atoms with Crippen LogP contribution < -0.4 is 0 Å². The van der Waals surface area contributed by atoms with Gasteiger partial charge in [0.05, 0.1) is 22.7 Å². The highest BCUT2D eigenvalue weighted by molar-refractivity contribution is 5.50.